The van der Waals surface area contributed by atoms with Gasteiger partial charge in [-0.05, 0) is 18.9 Å². The number of nitrogens with two attached hydrogens (primary N) is 1. The lowest BCUT2D eigenvalue weighted by atomic mass is 10.4. The van der Waals surface area contributed by atoms with E-state index in [9.17, 15) is 5.21 Å². The molecule has 1 aromatic heterocycles. The van der Waals surface area contributed by atoms with E-state index < -0.39 is 0 Å². The average molecular weight is 180 g/mol. The normalized spacial score (nSPS) is 16.5. The van der Waals surface area contributed by atoms with Crippen LogP contribution in [-0.4, -0.2) is 18.2 Å². The van der Waals surface area contributed by atoms with Crippen molar-refractivity contribution in [2.24, 2.45) is 0 Å². The molecule has 1 aliphatic heterocycles. The molecule has 0 amide bonds. The Hall–Kier alpha value is -1.52. The van der Waals surface area contributed by atoms with Gasteiger partial charge in [0.05, 0.1) is 13.1 Å². The van der Waals surface area contributed by atoms with Crippen molar-refractivity contribution in [3.63, 3.8) is 0 Å². The van der Waals surface area contributed by atoms with Crippen LogP contribution in [-0.2, 0) is 0 Å². The quantitative estimate of drug-likeness (QED) is 0.484. The molecular formula is C8H12N4O. The average Bonchev–Trinajstić information content (AvgIpc) is 2.56. The van der Waals surface area contributed by atoms with Crippen molar-refractivity contribution < 1.29 is 4.85 Å². The highest BCUT2D eigenvalue weighted by molar-refractivity contribution is 5.37. The number of nitrogen functional groups attached to an aromatic ring is 1. The minimum atomic E-state index is 0.262. The Kier molecular flexibility index (Phi) is 1.92. The highest BCUT2D eigenvalue weighted by atomic mass is 16.5. The van der Waals surface area contributed by atoms with Crippen molar-refractivity contribution in [2.75, 3.05) is 23.7 Å². The molecule has 0 bridgehead atoms. The van der Waals surface area contributed by atoms with Gasteiger partial charge < -0.3 is 10.9 Å². The van der Waals surface area contributed by atoms with Crippen LogP contribution in [0.25, 0.3) is 0 Å². The van der Waals surface area contributed by atoms with E-state index in [0.717, 1.165) is 25.9 Å². The van der Waals surface area contributed by atoms with Gasteiger partial charge in [0.15, 0.2) is 5.82 Å². The van der Waals surface area contributed by atoms with E-state index in [4.69, 9.17) is 5.73 Å². The molecule has 2 rings (SSSR count). The fraction of sp³-hybridized carbons (Fsp3) is 0.500. The molecule has 0 spiro atoms. The summed E-state index contributed by atoms with van der Waals surface area (Å²) in [6, 6.07) is 3.38. The van der Waals surface area contributed by atoms with Crippen molar-refractivity contribution in [2.45, 2.75) is 12.8 Å². The first-order valence-electron chi connectivity index (χ1n) is 4.39. The lowest BCUT2D eigenvalue weighted by Crippen LogP contribution is -2.40. The lowest BCUT2D eigenvalue weighted by Gasteiger charge is -2.13. The molecule has 0 radical (unpaired) electrons. The zero-order chi connectivity index (χ0) is 9.26. The van der Waals surface area contributed by atoms with Gasteiger partial charge in [0.2, 0.25) is 0 Å². The number of anilines is 2. The Labute approximate surface area is 76.4 Å². The lowest BCUT2D eigenvalue weighted by molar-refractivity contribution is -0.655. The molecule has 2 heterocycles. The smallest absolute Gasteiger partial charge is 0.301 e. The SMILES string of the molecule is Nc1ccc(N2CCCC2)[n+]([O-])n1. The van der Waals surface area contributed by atoms with E-state index in [1.807, 2.05) is 4.90 Å². The zero-order valence-electron chi connectivity index (χ0n) is 7.31. The molecule has 1 aromatic rings. The molecule has 0 aromatic carbocycles. The third kappa shape index (κ3) is 1.49. The van der Waals surface area contributed by atoms with Crippen molar-refractivity contribution in [3.8, 4) is 0 Å². The van der Waals surface area contributed by atoms with Crippen molar-refractivity contribution >= 4 is 11.6 Å². The fourth-order valence-corrected chi connectivity index (χ4v) is 1.59. The Morgan fingerprint density at radius 2 is 2.08 bits per heavy atom. The standard InChI is InChI=1S/C8H12N4O/c9-7-3-4-8(12(13)10-7)11-5-1-2-6-11/h3-4H,1-2,5-6H2,(H2,9,10). The molecule has 1 aliphatic rings. The maximum atomic E-state index is 11.3. The highest BCUT2D eigenvalue weighted by Crippen LogP contribution is 2.15. The first-order chi connectivity index (χ1) is 6.27. The summed E-state index contributed by atoms with van der Waals surface area (Å²) in [5.41, 5.74) is 5.38. The van der Waals surface area contributed by atoms with Gasteiger partial charge in [-0.3, -0.25) is 4.90 Å². The molecule has 5 nitrogen and oxygen atoms in total. The van der Waals surface area contributed by atoms with Gasteiger partial charge >= 0.3 is 5.82 Å². The number of rotatable bonds is 1. The maximum absolute atomic E-state index is 11.3. The summed E-state index contributed by atoms with van der Waals surface area (Å²) in [6.45, 7) is 1.88. The van der Waals surface area contributed by atoms with E-state index in [0.29, 0.717) is 10.7 Å². The van der Waals surface area contributed by atoms with Crippen LogP contribution in [0.2, 0.25) is 0 Å². The van der Waals surface area contributed by atoms with E-state index >= 15 is 0 Å². The molecule has 70 valence electrons. The predicted octanol–water partition coefficient (Wildman–Crippen LogP) is -0.103. The summed E-state index contributed by atoms with van der Waals surface area (Å²) in [6.07, 6.45) is 2.29. The van der Waals surface area contributed by atoms with Crippen LogP contribution in [0, 0.1) is 5.21 Å². The van der Waals surface area contributed by atoms with E-state index in [2.05, 4.69) is 5.10 Å². The van der Waals surface area contributed by atoms with Crippen LogP contribution in [0.4, 0.5) is 11.6 Å². The first-order valence-corrected chi connectivity index (χ1v) is 4.39. The van der Waals surface area contributed by atoms with E-state index in [-0.39, 0.29) is 5.82 Å². The molecule has 5 heteroatoms. The van der Waals surface area contributed by atoms with Crippen LogP contribution in [0.1, 0.15) is 12.8 Å². The minimum Gasteiger partial charge on any atom is -0.691 e. The van der Waals surface area contributed by atoms with Gasteiger partial charge in [0.1, 0.15) is 0 Å². The van der Waals surface area contributed by atoms with Crippen LogP contribution in [0.5, 0.6) is 0 Å². The van der Waals surface area contributed by atoms with Gasteiger partial charge in [0.25, 0.3) is 0 Å². The van der Waals surface area contributed by atoms with Gasteiger partial charge in [-0.2, -0.15) is 0 Å². The Morgan fingerprint density at radius 1 is 1.38 bits per heavy atom. The number of nitrogens with zero attached hydrogens (tertiary/aromatic N) is 3. The largest absolute Gasteiger partial charge is 0.691 e. The van der Waals surface area contributed by atoms with Crippen LogP contribution >= 0.6 is 0 Å². The van der Waals surface area contributed by atoms with Crippen molar-refractivity contribution in [1.29, 1.82) is 0 Å². The van der Waals surface area contributed by atoms with Crippen LogP contribution in [0.15, 0.2) is 12.1 Å². The summed E-state index contributed by atoms with van der Waals surface area (Å²) >= 11 is 0. The Balaban J connectivity index is 2.29. The number of aromatic nitrogens is 2. The summed E-state index contributed by atoms with van der Waals surface area (Å²) < 4.78 is 0. The van der Waals surface area contributed by atoms with Crippen molar-refractivity contribution in [1.82, 2.24) is 5.10 Å². The predicted molar refractivity (Wildman–Crippen MR) is 49.1 cm³/mol. The number of hydrogen-bond donors (Lipinski definition) is 1. The first kappa shape index (κ1) is 8.10. The van der Waals surface area contributed by atoms with Crippen LogP contribution < -0.4 is 15.5 Å². The fourth-order valence-electron chi connectivity index (χ4n) is 1.59. The molecule has 13 heavy (non-hydrogen) atoms. The topological polar surface area (TPSA) is 69.1 Å². The van der Waals surface area contributed by atoms with Gasteiger partial charge in [-0.15, -0.1) is 4.85 Å². The van der Waals surface area contributed by atoms with Crippen LogP contribution in [0.3, 0.4) is 0 Å². The Bertz CT molecular complexity index is 309. The van der Waals surface area contributed by atoms with Crippen molar-refractivity contribution in [3.05, 3.63) is 17.3 Å². The maximum Gasteiger partial charge on any atom is 0.301 e. The van der Waals surface area contributed by atoms with Gasteiger partial charge in [-0.25, -0.2) is 0 Å². The van der Waals surface area contributed by atoms with E-state index in [1.165, 1.54) is 0 Å². The number of hydrogen-bond acceptors (Lipinski definition) is 4. The zero-order valence-corrected chi connectivity index (χ0v) is 7.31. The molecule has 0 saturated carbocycles. The molecule has 1 saturated heterocycles. The second kappa shape index (κ2) is 3.08. The molecular weight excluding hydrogens is 168 g/mol. The summed E-state index contributed by atoms with van der Waals surface area (Å²) in [4.78, 5) is 2.63. The molecule has 0 atom stereocenters. The monoisotopic (exact) mass is 180 g/mol. The van der Waals surface area contributed by atoms with Gasteiger partial charge in [-0.1, -0.05) is 5.10 Å². The second-order valence-corrected chi connectivity index (χ2v) is 3.18. The molecule has 0 unspecified atom stereocenters. The second-order valence-electron chi connectivity index (χ2n) is 3.18. The highest BCUT2D eigenvalue weighted by Gasteiger charge is 2.21. The molecule has 0 aliphatic carbocycles. The Morgan fingerprint density at radius 3 is 2.69 bits per heavy atom. The minimum absolute atomic E-state index is 0.262. The molecule has 1 fully saturated rings. The van der Waals surface area contributed by atoms with E-state index in [1.54, 1.807) is 12.1 Å². The summed E-state index contributed by atoms with van der Waals surface area (Å²) in [7, 11) is 0. The third-order valence-electron chi connectivity index (χ3n) is 2.24. The summed E-state index contributed by atoms with van der Waals surface area (Å²) in [5, 5.41) is 14.9. The third-order valence-corrected chi connectivity index (χ3v) is 2.24. The molecule has 2 N–H and O–H groups in total. The van der Waals surface area contributed by atoms with Gasteiger partial charge in [0, 0.05) is 6.07 Å². The summed E-state index contributed by atoms with van der Waals surface area (Å²) in [5.74, 6) is 0.865.